The van der Waals surface area contributed by atoms with Gasteiger partial charge in [-0.25, -0.2) is 0 Å². The molecule has 2 aromatic carbocycles. The van der Waals surface area contributed by atoms with Crippen molar-refractivity contribution in [3.63, 3.8) is 0 Å². The molecule has 29 heavy (non-hydrogen) atoms. The van der Waals surface area contributed by atoms with Crippen molar-refractivity contribution in [2.75, 3.05) is 40.8 Å². The predicted octanol–water partition coefficient (Wildman–Crippen LogP) is 2.74. The van der Waals surface area contributed by atoms with E-state index in [1.807, 2.05) is 49.4 Å². The van der Waals surface area contributed by atoms with Gasteiger partial charge in [-0.2, -0.15) is 0 Å². The van der Waals surface area contributed by atoms with Gasteiger partial charge in [-0.3, -0.25) is 9.79 Å². The van der Waals surface area contributed by atoms with Gasteiger partial charge >= 0.3 is 0 Å². The Labute approximate surface area is 174 Å². The van der Waals surface area contributed by atoms with Crippen LogP contribution < -0.4 is 15.4 Å². The molecule has 0 aromatic heterocycles. The molecule has 0 aliphatic rings. The molecule has 0 saturated carbocycles. The van der Waals surface area contributed by atoms with Crippen molar-refractivity contribution < 1.29 is 9.53 Å². The van der Waals surface area contributed by atoms with Crippen LogP contribution in [0.15, 0.2) is 53.5 Å². The van der Waals surface area contributed by atoms with Crippen molar-refractivity contribution in [1.29, 1.82) is 0 Å². The summed E-state index contributed by atoms with van der Waals surface area (Å²) in [4.78, 5) is 18.0. The molecule has 0 unspecified atom stereocenters. The number of amides is 1. The average molecular weight is 397 g/mol. The van der Waals surface area contributed by atoms with Crippen LogP contribution in [0.25, 0.3) is 0 Å². The fourth-order valence-corrected chi connectivity index (χ4v) is 2.99. The van der Waals surface area contributed by atoms with Crippen LogP contribution in [-0.2, 0) is 12.8 Å². The van der Waals surface area contributed by atoms with E-state index >= 15 is 0 Å². The van der Waals surface area contributed by atoms with Gasteiger partial charge in [0, 0.05) is 39.8 Å². The molecule has 6 nitrogen and oxygen atoms in total. The maximum Gasteiger partial charge on any atom is 0.253 e. The van der Waals surface area contributed by atoms with Gasteiger partial charge in [0.1, 0.15) is 5.75 Å². The van der Waals surface area contributed by atoms with Gasteiger partial charge in [0.2, 0.25) is 0 Å². The van der Waals surface area contributed by atoms with E-state index in [1.54, 1.807) is 26.0 Å². The summed E-state index contributed by atoms with van der Waals surface area (Å²) >= 11 is 0. The van der Waals surface area contributed by atoms with Crippen molar-refractivity contribution in [3.8, 4) is 5.75 Å². The summed E-state index contributed by atoms with van der Waals surface area (Å²) in [6.07, 6.45) is 1.66. The first-order chi connectivity index (χ1) is 14.0. The molecule has 1 amide bonds. The van der Waals surface area contributed by atoms with Crippen LogP contribution in [0.3, 0.4) is 0 Å². The van der Waals surface area contributed by atoms with Crippen molar-refractivity contribution >= 4 is 11.9 Å². The maximum absolute atomic E-state index is 12.1. The van der Waals surface area contributed by atoms with Gasteiger partial charge in [-0.05, 0) is 49.1 Å². The normalized spacial score (nSPS) is 11.1. The fourth-order valence-electron chi connectivity index (χ4n) is 2.99. The Hall–Kier alpha value is -3.02. The third kappa shape index (κ3) is 7.14. The molecular weight excluding hydrogens is 364 g/mol. The van der Waals surface area contributed by atoms with E-state index in [9.17, 15) is 4.79 Å². The number of guanidine groups is 1. The highest BCUT2D eigenvalue weighted by Crippen LogP contribution is 2.17. The Morgan fingerprint density at radius 1 is 1.03 bits per heavy atom. The molecule has 0 aliphatic carbocycles. The second kappa shape index (κ2) is 11.7. The fraction of sp³-hybridized carbons (Fsp3) is 0.391. The summed E-state index contributed by atoms with van der Waals surface area (Å²) in [7, 11) is 5.29. The number of benzene rings is 2. The number of para-hydroxylation sites is 1. The van der Waals surface area contributed by atoms with E-state index in [0.717, 1.165) is 43.2 Å². The lowest BCUT2D eigenvalue weighted by Gasteiger charge is -2.14. The molecular formula is C23H32N4O2. The third-order valence-electron chi connectivity index (χ3n) is 4.47. The van der Waals surface area contributed by atoms with Crippen molar-refractivity contribution in [2.24, 2.45) is 4.99 Å². The van der Waals surface area contributed by atoms with Crippen LogP contribution in [0.4, 0.5) is 0 Å². The molecule has 156 valence electrons. The first kappa shape index (κ1) is 22.3. The van der Waals surface area contributed by atoms with E-state index in [2.05, 4.69) is 21.7 Å². The molecule has 6 heteroatoms. The zero-order chi connectivity index (χ0) is 21.1. The smallest absolute Gasteiger partial charge is 0.253 e. The van der Waals surface area contributed by atoms with Crippen LogP contribution in [0, 0.1) is 0 Å². The number of nitrogens with one attached hydrogen (secondary N) is 2. The zero-order valence-electron chi connectivity index (χ0n) is 17.9. The number of carbonyl (C=O) groups excluding carboxylic acids is 1. The second-order valence-electron chi connectivity index (χ2n) is 6.87. The highest BCUT2D eigenvalue weighted by molar-refractivity contribution is 5.94. The Morgan fingerprint density at radius 2 is 1.76 bits per heavy atom. The van der Waals surface area contributed by atoms with Crippen LogP contribution in [0.5, 0.6) is 5.75 Å². The Bertz CT molecular complexity index is 818. The molecule has 2 aromatic rings. The number of ether oxygens (including phenoxy) is 1. The van der Waals surface area contributed by atoms with E-state index in [4.69, 9.17) is 4.74 Å². The minimum Gasteiger partial charge on any atom is -0.494 e. The first-order valence-corrected chi connectivity index (χ1v) is 10.0. The van der Waals surface area contributed by atoms with Gasteiger partial charge in [-0.15, -0.1) is 0 Å². The average Bonchev–Trinajstić information content (AvgIpc) is 2.73. The SMILES string of the molecule is CCOc1ccccc1CCNC(=NC)NCCc1cccc(C(=O)N(C)C)c1. The number of hydrogen-bond acceptors (Lipinski definition) is 3. The largest absolute Gasteiger partial charge is 0.494 e. The van der Waals surface area contributed by atoms with E-state index in [1.165, 1.54) is 5.56 Å². The molecule has 0 saturated heterocycles. The number of aliphatic imine (C=N–C) groups is 1. The summed E-state index contributed by atoms with van der Waals surface area (Å²) in [5.74, 6) is 1.72. The van der Waals surface area contributed by atoms with E-state index < -0.39 is 0 Å². The van der Waals surface area contributed by atoms with Crippen LogP contribution >= 0.6 is 0 Å². The predicted molar refractivity (Wildman–Crippen MR) is 119 cm³/mol. The molecule has 0 bridgehead atoms. The quantitative estimate of drug-likeness (QED) is 0.505. The van der Waals surface area contributed by atoms with Gasteiger partial charge in [0.25, 0.3) is 5.91 Å². The van der Waals surface area contributed by atoms with Crippen molar-refractivity contribution in [1.82, 2.24) is 15.5 Å². The van der Waals surface area contributed by atoms with Crippen LogP contribution in [0.1, 0.15) is 28.4 Å². The Balaban J connectivity index is 1.80. The second-order valence-corrected chi connectivity index (χ2v) is 6.87. The highest BCUT2D eigenvalue weighted by atomic mass is 16.5. The zero-order valence-corrected chi connectivity index (χ0v) is 17.9. The lowest BCUT2D eigenvalue weighted by molar-refractivity contribution is 0.0827. The lowest BCUT2D eigenvalue weighted by atomic mass is 10.1. The highest BCUT2D eigenvalue weighted by Gasteiger charge is 2.08. The van der Waals surface area contributed by atoms with Gasteiger partial charge in [0.05, 0.1) is 6.61 Å². The van der Waals surface area contributed by atoms with E-state index in [0.29, 0.717) is 12.2 Å². The summed E-state index contributed by atoms with van der Waals surface area (Å²) < 4.78 is 5.68. The molecule has 0 radical (unpaired) electrons. The maximum atomic E-state index is 12.1. The molecule has 0 atom stereocenters. The van der Waals surface area contributed by atoms with Crippen LogP contribution in [0.2, 0.25) is 0 Å². The topological polar surface area (TPSA) is 66.0 Å². The summed E-state index contributed by atoms with van der Waals surface area (Å²) in [5.41, 5.74) is 3.01. The lowest BCUT2D eigenvalue weighted by Crippen LogP contribution is -2.39. The first-order valence-electron chi connectivity index (χ1n) is 10.0. The number of carbonyl (C=O) groups is 1. The summed E-state index contributed by atoms with van der Waals surface area (Å²) in [6.45, 7) is 4.15. The van der Waals surface area contributed by atoms with Crippen molar-refractivity contribution in [2.45, 2.75) is 19.8 Å². The van der Waals surface area contributed by atoms with Crippen LogP contribution in [-0.4, -0.2) is 57.6 Å². The Kier molecular flexibility index (Phi) is 9.02. The summed E-state index contributed by atoms with van der Waals surface area (Å²) in [5, 5.41) is 6.67. The Morgan fingerprint density at radius 3 is 2.45 bits per heavy atom. The van der Waals surface area contributed by atoms with Gasteiger partial charge in [-0.1, -0.05) is 30.3 Å². The molecule has 0 spiro atoms. The standard InChI is InChI=1S/C23H32N4O2/c1-5-29-21-12-7-6-10-19(21)14-16-26-23(24-2)25-15-13-18-9-8-11-20(17-18)22(28)27(3)4/h6-12,17H,5,13-16H2,1-4H3,(H2,24,25,26). The minimum atomic E-state index is 0.0182. The monoisotopic (exact) mass is 396 g/mol. The van der Waals surface area contributed by atoms with Crippen molar-refractivity contribution in [3.05, 3.63) is 65.2 Å². The van der Waals surface area contributed by atoms with Gasteiger partial charge in [0.15, 0.2) is 5.96 Å². The number of nitrogens with zero attached hydrogens (tertiary/aromatic N) is 2. The molecule has 0 fully saturated rings. The summed E-state index contributed by atoms with van der Waals surface area (Å²) in [6, 6.07) is 15.9. The van der Waals surface area contributed by atoms with Gasteiger partial charge < -0.3 is 20.3 Å². The number of rotatable bonds is 9. The molecule has 2 N–H and O–H groups in total. The van der Waals surface area contributed by atoms with E-state index in [-0.39, 0.29) is 5.91 Å². The molecule has 0 aliphatic heterocycles. The minimum absolute atomic E-state index is 0.0182. The third-order valence-corrected chi connectivity index (χ3v) is 4.47. The molecule has 0 heterocycles. The number of hydrogen-bond donors (Lipinski definition) is 2. The molecule has 2 rings (SSSR count).